The summed E-state index contributed by atoms with van der Waals surface area (Å²) in [4.78, 5) is 38.2. The molecule has 6 heteroatoms. The van der Waals surface area contributed by atoms with Gasteiger partial charge in [-0.05, 0) is 116 Å². The van der Waals surface area contributed by atoms with E-state index in [0.717, 1.165) is 96.3 Å². The number of carbonyl (C=O) groups excluding carboxylic acids is 3. The van der Waals surface area contributed by atoms with E-state index in [2.05, 4.69) is 124 Å². The maximum atomic E-state index is 12.8. The first-order valence-corrected chi connectivity index (χ1v) is 29.9. The Kier molecular flexibility index (Phi) is 56.4. The van der Waals surface area contributed by atoms with E-state index in [0.29, 0.717) is 19.3 Å². The molecule has 1 atom stereocenters. The molecule has 0 aliphatic heterocycles. The molecular weight excluding hydrogens is 889 g/mol. The fraction of sp³-hybridized carbons (Fsp3) is 0.682. The topological polar surface area (TPSA) is 78.9 Å². The molecule has 0 aromatic carbocycles. The SMILES string of the molecule is CC/C=C\C/C=C\C/C=C\C/C=C\C/C=C\C/C=C\CCC(=O)OC(COC(=O)CCCCCCC/C=C\CCCCCCC)COC(=O)CCCCCCCCCCC/C=C\C/C=C\CCCCCCC. The molecule has 0 aromatic heterocycles. The molecule has 0 saturated carbocycles. The van der Waals surface area contributed by atoms with Crippen LogP contribution in [-0.4, -0.2) is 37.2 Å². The first-order chi connectivity index (χ1) is 35.5. The summed E-state index contributed by atoms with van der Waals surface area (Å²) in [6.45, 7) is 6.44. The Morgan fingerprint density at radius 1 is 0.292 bits per heavy atom. The van der Waals surface area contributed by atoms with Crippen molar-refractivity contribution in [2.45, 2.75) is 277 Å². The highest BCUT2D eigenvalue weighted by Crippen LogP contribution is 2.14. The van der Waals surface area contributed by atoms with Crippen molar-refractivity contribution in [2.24, 2.45) is 0 Å². The van der Waals surface area contributed by atoms with Gasteiger partial charge in [0.15, 0.2) is 6.10 Å². The van der Waals surface area contributed by atoms with Crippen molar-refractivity contribution >= 4 is 17.9 Å². The van der Waals surface area contributed by atoms with Crippen LogP contribution in [0.2, 0.25) is 0 Å². The molecule has 72 heavy (non-hydrogen) atoms. The van der Waals surface area contributed by atoms with E-state index in [4.69, 9.17) is 14.2 Å². The molecule has 0 bridgehead atoms. The number of carbonyl (C=O) groups is 3. The van der Waals surface area contributed by atoms with Crippen molar-refractivity contribution < 1.29 is 28.6 Å². The highest BCUT2D eigenvalue weighted by molar-refractivity contribution is 5.71. The van der Waals surface area contributed by atoms with E-state index in [1.165, 1.54) is 128 Å². The van der Waals surface area contributed by atoms with Crippen molar-refractivity contribution in [3.63, 3.8) is 0 Å². The van der Waals surface area contributed by atoms with Gasteiger partial charge in [-0.25, -0.2) is 0 Å². The molecule has 0 heterocycles. The average molecular weight is 1000 g/mol. The van der Waals surface area contributed by atoms with Crippen molar-refractivity contribution in [1.82, 2.24) is 0 Å². The molecule has 1 unspecified atom stereocenters. The highest BCUT2D eigenvalue weighted by atomic mass is 16.6. The fourth-order valence-corrected chi connectivity index (χ4v) is 8.02. The monoisotopic (exact) mass is 999 g/mol. The summed E-state index contributed by atoms with van der Waals surface area (Å²) in [5, 5.41) is 0. The smallest absolute Gasteiger partial charge is 0.306 e. The second-order valence-electron chi connectivity index (χ2n) is 19.5. The Morgan fingerprint density at radius 3 is 0.917 bits per heavy atom. The minimum Gasteiger partial charge on any atom is -0.462 e. The van der Waals surface area contributed by atoms with Crippen molar-refractivity contribution in [3.05, 3.63) is 109 Å². The number of ether oxygens (including phenoxy) is 3. The normalized spacial score (nSPS) is 12.9. The van der Waals surface area contributed by atoms with Crippen LogP contribution in [0.15, 0.2) is 109 Å². The van der Waals surface area contributed by atoms with Gasteiger partial charge in [0, 0.05) is 19.3 Å². The average Bonchev–Trinajstić information content (AvgIpc) is 3.38. The largest absolute Gasteiger partial charge is 0.462 e. The summed E-state index contributed by atoms with van der Waals surface area (Å²) < 4.78 is 16.8. The molecular formula is C66H110O6. The van der Waals surface area contributed by atoms with Crippen LogP contribution < -0.4 is 0 Å². The van der Waals surface area contributed by atoms with Gasteiger partial charge in [0.2, 0.25) is 0 Å². The molecule has 0 fully saturated rings. The molecule has 0 rings (SSSR count). The molecule has 0 aliphatic carbocycles. The third kappa shape index (κ3) is 57.0. The van der Waals surface area contributed by atoms with Crippen molar-refractivity contribution in [1.29, 1.82) is 0 Å². The van der Waals surface area contributed by atoms with Crippen LogP contribution in [0.1, 0.15) is 271 Å². The van der Waals surface area contributed by atoms with Crippen molar-refractivity contribution in [3.8, 4) is 0 Å². The van der Waals surface area contributed by atoms with E-state index in [1.54, 1.807) is 0 Å². The third-order valence-corrected chi connectivity index (χ3v) is 12.5. The standard InChI is InChI=1S/C66H110O6/c1-4-7-10-13-16-19-22-25-28-30-32-33-35-36-38-41-44-47-50-53-56-59-65(68)71-62-63(61-70-64(67)58-55-52-49-46-43-40-27-24-21-18-15-12-9-6-3)72-66(69)60-57-54-51-48-45-42-39-37-34-31-29-26-23-20-17-14-11-8-5-2/h8,11,17,20,22,24-27,29-30,32,34,37,42,45,51,54,63H,4-7,9-10,12-16,18-19,21,23,28,31,33,35-36,38-41,43-44,46-50,52-53,55-62H2,1-3H3/b11-8-,20-17-,25-22-,27-24-,29-26-,32-30-,37-34-,45-42-,54-51-. The molecule has 0 radical (unpaired) electrons. The van der Waals surface area contributed by atoms with E-state index in [1.807, 2.05) is 6.08 Å². The van der Waals surface area contributed by atoms with Gasteiger partial charge in [-0.2, -0.15) is 0 Å². The maximum absolute atomic E-state index is 12.8. The fourth-order valence-electron chi connectivity index (χ4n) is 8.02. The van der Waals surface area contributed by atoms with Gasteiger partial charge < -0.3 is 14.2 Å². The van der Waals surface area contributed by atoms with Gasteiger partial charge >= 0.3 is 17.9 Å². The van der Waals surface area contributed by atoms with Crippen LogP contribution in [0, 0.1) is 0 Å². The second-order valence-corrected chi connectivity index (χ2v) is 19.5. The Balaban J connectivity index is 4.49. The Morgan fingerprint density at radius 2 is 0.569 bits per heavy atom. The predicted octanol–water partition coefficient (Wildman–Crippen LogP) is 20.3. The summed E-state index contributed by atoms with van der Waals surface area (Å²) in [7, 11) is 0. The lowest BCUT2D eigenvalue weighted by Gasteiger charge is -2.18. The van der Waals surface area contributed by atoms with Crippen LogP contribution in [0.5, 0.6) is 0 Å². The van der Waals surface area contributed by atoms with Crippen LogP contribution >= 0.6 is 0 Å². The van der Waals surface area contributed by atoms with Gasteiger partial charge in [0.1, 0.15) is 13.2 Å². The third-order valence-electron chi connectivity index (χ3n) is 12.5. The lowest BCUT2D eigenvalue weighted by molar-refractivity contribution is -0.166. The predicted molar refractivity (Wildman–Crippen MR) is 311 cm³/mol. The number of rotatable bonds is 53. The maximum Gasteiger partial charge on any atom is 0.306 e. The minimum atomic E-state index is -0.826. The zero-order valence-electron chi connectivity index (χ0n) is 46.9. The summed E-state index contributed by atoms with van der Waals surface area (Å²) in [5.41, 5.74) is 0. The molecule has 0 aromatic rings. The van der Waals surface area contributed by atoms with Gasteiger partial charge in [0.25, 0.3) is 0 Å². The van der Waals surface area contributed by atoms with Gasteiger partial charge in [-0.15, -0.1) is 0 Å². The zero-order chi connectivity index (χ0) is 52.2. The molecule has 0 N–H and O–H groups in total. The van der Waals surface area contributed by atoms with E-state index >= 15 is 0 Å². The van der Waals surface area contributed by atoms with Gasteiger partial charge in [-0.3, -0.25) is 14.4 Å². The highest BCUT2D eigenvalue weighted by Gasteiger charge is 2.19. The van der Waals surface area contributed by atoms with Crippen LogP contribution in [-0.2, 0) is 28.6 Å². The molecule has 0 amide bonds. The molecule has 410 valence electrons. The van der Waals surface area contributed by atoms with Crippen LogP contribution in [0.3, 0.4) is 0 Å². The van der Waals surface area contributed by atoms with E-state index in [9.17, 15) is 14.4 Å². The minimum absolute atomic E-state index is 0.114. The van der Waals surface area contributed by atoms with Gasteiger partial charge in [0.05, 0.1) is 0 Å². The lowest BCUT2D eigenvalue weighted by atomic mass is 10.1. The first-order valence-electron chi connectivity index (χ1n) is 29.9. The molecule has 0 spiro atoms. The summed E-state index contributed by atoms with van der Waals surface area (Å²) in [5.74, 6) is -1.01. The van der Waals surface area contributed by atoms with Crippen LogP contribution in [0.25, 0.3) is 0 Å². The van der Waals surface area contributed by atoms with Crippen molar-refractivity contribution in [2.75, 3.05) is 13.2 Å². The number of unbranched alkanes of at least 4 members (excludes halogenated alkanes) is 24. The van der Waals surface area contributed by atoms with Crippen LogP contribution in [0.4, 0.5) is 0 Å². The summed E-state index contributed by atoms with van der Waals surface area (Å²) in [6, 6.07) is 0. The Bertz CT molecular complexity index is 1470. The molecule has 0 saturated heterocycles. The van der Waals surface area contributed by atoms with E-state index < -0.39 is 12.1 Å². The number of hydrogen-bond acceptors (Lipinski definition) is 6. The Hall–Kier alpha value is -3.93. The number of allylic oxidation sites excluding steroid dienone is 18. The number of hydrogen-bond donors (Lipinski definition) is 0. The van der Waals surface area contributed by atoms with Gasteiger partial charge in [-0.1, -0.05) is 246 Å². The number of esters is 3. The Labute approximate surface area is 444 Å². The molecule has 0 aliphatic rings. The zero-order valence-corrected chi connectivity index (χ0v) is 46.9. The molecule has 6 nitrogen and oxygen atoms in total. The first kappa shape index (κ1) is 68.1. The lowest BCUT2D eigenvalue weighted by Crippen LogP contribution is -2.30. The van der Waals surface area contributed by atoms with E-state index in [-0.39, 0.29) is 31.6 Å². The quantitative estimate of drug-likeness (QED) is 0.0261. The summed E-state index contributed by atoms with van der Waals surface area (Å²) in [6.07, 6.45) is 80.9. The summed E-state index contributed by atoms with van der Waals surface area (Å²) >= 11 is 0. The second kappa shape index (κ2) is 59.6.